The zero-order valence-electron chi connectivity index (χ0n) is 10.2. The molecule has 1 unspecified atom stereocenters. The van der Waals surface area contributed by atoms with Gasteiger partial charge in [0, 0.05) is 23.3 Å². The monoisotopic (exact) mass is 285 g/mol. The molecule has 0 saturated heterocycles. The molecule has 90 valence electrons. The largest absolute Gasteiger partial charge is 0.383 e. The van der Waals surface area contributed by atoms with E-state index in [1.807, 2.05) is 0 Å². The summed E-state index contributed by atoms with van der Waals surface area (Å²) >= 11 is 3.50. The van der Waals surface area contributed by atoms with Crippen molar-refractivity contribution >= 4 is 21.6 Å². The van der Waals surface area contributed by atoms with Gasteiger partial charge in [-0.05, 0) is 36.6 Å². The summed E-state index contributed by atoms with van der Waals surface area (Å²) in [5.74, 6) is 0. The molecule has 0 aliphatic carbocycles. The molecule has 0 aliphatic rings. The van der Waals surface area contributed by atoms with E-state index in [1.165, 1.54) is 11.3 Å². The molecule has 0 saturated carbocycles. The SMILES string of the molecule is CCc1cc(Br)ccc1NC(CC)COC. The van der Waals surface area contributed by atoms with E-state index in [4.69, 9.17) is 4.74 Å². The molecule has 1 atom stereocenters. The molecule has 3 heteroatoms. The van der Waals surface area contributed by atoms with Crippen LogP contribution in [0.25, 0.3) is 0 Å². The number of benzene rings is 1. The standard InChI is InChI=1S/C13H20BrNO/c1-4-10-8-11(14)6-7-13(10)15-12(5-2)9-16-3/h6-8,12,15H,4-5,9H2,1-3H3. The van der Waals surface area contributed by atoms with E-state index >= 15 is 0 Å². The van der Waals surface area contributed by atoms with Crippen LogP contribution < -0.4 is 5.32 Å². The van der Waals surface area contributed by atoms with Gasteiger partial charge in [-0.25, -0.2) is 0 Å². The predicted octanol–water partition coefficient (Wildman–Crippen LogP) is 3.85. The second-order valence-corrected chi connectivity index (χ2v) is 4.78. The van der Waals surface area contributed by atoms with E-state index in [2.05, 4.69) is 53.3 Å². The molecule has 0 spiro atoms. The number of hydrogen-bond donors (Lipinski definition) is 1. The van der Waals surface area contributed by atoms with Crippen LogP contribution in [0.15, 0.2) is 22.7 Å². The van der Waals surface area contributed by atoms with Crippen molar-refractivity contribution in [2.45, 2.75) is 32.7 Å². The normalized spacial score (nSPS) is 12.5. The Labute approximate surface area is 107 Å². The number of ether oxygens (including phenoxy) is 1. The minimum atomic E-state index is 0.386. The van der Waals surface area contributed by atoms with Gasteiger partial charge in [-0.1, -0.05) is 29.8 Å². The number of anilines is 1. The Bertz CT molecular complexity index is 328. The molecule has 0 amide bonds. The average molecular weight is 286 g/mol. The van der Waals surface area contributed by atoms with Crippen molar-refractivity contribution in [1.82, 2.24) is 0 Å². The van der Waals surface area contributed by atoms with Crippen molar-refractivity contribution < 1.29 is 4.74 Å². The Morgan fingerprint density at radius 3 is 2.69 bits per heavy atom. The van der Waals surface area contributed by atoms with E-state index in [9.17, 15) is 0 Å². The third-order valence-electron chi connectivity index (χ3n) is 2.67. The molecule has 1 aromatic rings. The van der Waals surface area contributed by atoms with Crippen LogP contribution in [0.2, 0.25) is 0 Å². The lowest BCUT2D eigenvalue weighted by Gasteiger charge is -2.19. The van der Waals surface area contributed by atoms with Crippen molar-refractivity contribution in [1.29, 1.82) is 0 Å². The van der Waals surface area contributed by atoms with Gasteiger partial charge in [0.1, 0.15) is 0 Å². The van der Waals surface area contributed by atoms with E-state index in [-0.39, 0.29) is 0 Å². The molecule has 0 aromatic heterocycles. The van der Waals surface area contributed by atoms with Crippen molar-refractivity contribution in [2.75, 3.05) is 19.0 Å². The number of halogens is 1. The molecule has 0 fully saturated rings. The average Bonchev–Trinajstić information content (AvgIpc) is 2.30. The molecule has 2 nitrogen and oxygen atoms in total. The fraction of sp³-hybridized carbons (Fsp3) is 0.538. The highest BCUT2D eigenvalue weighted by Gasteiger charge is 2.08. The van der Waals surface area contributed by atoms with E-state index in [1.54, 1.807) is 7.11 Å². The summed E-state index contributed by atoms with van der Waals surface area (Å²) in [5, 5.41) is 3.53. The number of aryl methyl sites for hydroxylation is 1. The quantitative estimate of drug-likeness (QED) is 0.857. The third-order valence-corrected chi connectivity index (χ3v) is 3.16. The second kappa shape index (κ2) is 6.92. The Kier molecular flexibility index (Phi) is 5.85. The predicted molar refractivity (Wildman–Crippen MR) is 73.1 cm³/mol. The molecular formula is C13H20BrNO. The first-order valence-electron chi connectivity index (χ1n) is 5.75. The molecule has 1 aromatic carbocycles. The van der Waals surface area contributed by atoms with Crippen LogP contribution in [0.4, 0.5) is 5.69 Å². The number of methoxy groups -OCH3 is 1. The summed E-state index contributed by atoms with van der Waals surface area (Å²) in [7, 11) is 1.74. The van der Waals surface area contributed by atoms with Crippen LogP contribution >= 0.6 is 15.9 Å². The number of nitrogens with one attached hydrogen (secondary N) is 1. The summed E-state index contributed by atoms with van der Waals surface area (Å²) in [4.78, 5) is 0. The summed E-state index contributed by atoms with van der Waals surface area (Å²) in [6.07, 6.45) is 2.10. The zero-order chi connectivity index (χ0) is 12.0. The number of rotatable bonds is 6. The Morgan fingerprint density at radius 2 is 2.12 bits per heavy atom. The summed E-state index contributed by atoms with van der Waals surface area (Å²) < 4.78 is 6.33. The molecule has 0 radical (unpaired) electrons. The molecule has 16 heavy (non-hydrogen) atoms. The van der Waals surface area contributed by atoms with Crippen molar-refractivity contribution in [3.63, 3.8) is 0 Å². The topological polar surface area (TPSA) is 21.3 Å². The van der Waals surface area contributed by atoms with Crippen LogP contribution in [0.1, 0.15) is 25.8 Å². The van der Waals surface area contributed by atoms with Gasteiger partial charge in [-0.15, -0.1) is 0 Å². The molecular weight excluding hydrogens is 266 g/mol. The van der Waals surface area contributed by atoms with Crippen LogP contribution in [-0.4, -0.2) is 19.8 Å². The lowest BCUT2D eigenvalue weighted by Crippen LogP contribution is -2.24. The van der Waals surface area contributed by atoms with Gasteiger partial charge in [-0.2, -0.15) is 0 Å². The van der Waals surface area contributed by atoms with E-state index in [0.29, 0.717) is 6.04 Å². The van der Waals surface area contributed by atoms with Crippen LogP contribution in [0.3, 0.4) is 0 Å². The molecule has 1 N–H and O–H groups in total. The van der Waals surface area contributed by atoms with Crippen LogP contribution in [-0.2, 0) is 11.2 Å². The Balaban J connectivity index is 2.78. The Morgan fingerprint density at radius 1 is 1.38 bits per heavy atom. The summed E-state index contributed by atoms with van der Waals surface area (Å²) in [6, 6.07) is 6.75. The van der Waals surface area contributed by atoms with Gasteiger partial charge < -0.3 is 10.1 Å². The van der Waals surface area contributed by atoms with Gasteiger partial charge in [0.05, 0.1) is 6.61 Å². The minimum Gasteiger partial charge on any atom is -0.383 e. The first-order valence-corrected chi connectivity index (χ1v) is 6.54. The third kappa shape index (κ3) is 3.80. The summed E-state index contributed by atoms with van der Waals surface area (Å²) in [6.45, 7) is 5.08. The van der Waals surface area contributed by atoms with Gasteiger partial charge >= 0.3 is 0 Å². The summed E-state index contributed by atoms with van der Waals surface area (Å²) in [5.41, 5.74) is 2.55. The number of hydrogen-bond acceptors (Lipinski definition) is 2. The van der Waals surface area contributed by atoms with Crippen molar-refractivity contribution in [3.05, 3.63) is 28.2 Å². The fourth-order valence-corrected chi connectivity index (χ4v) is 2.09. The lowest BCUT2D eigenvalue weighted by atomic mass is 10.1. The second-order valence-electron chi connectivity index (χ2n) is 3.86. The van der Waals surface area contributed by atoms with E-state index in [0.717, 1.165) is 23.9 Å². The first kappa shape index (κ1) is 13.5. The first-order chi connectivity index (χ1) is 7.71. The maximum atomic E-state index is 5.19. The smallest absolute Gasteiger partial charge is 0.0663 e. The van der Waals surface area contributed by atoms with Crippen LogP contribution in [0, 0.1) is 0 Å². The van der Waals surface area contributed by atoms with Gasteiger partial charge in [0.2, 0.25) is 0 Å². The maximum absolute atomic E-state index is 5.19. The molecule has 0 aliphatic heterocycles. The van der Waals surface area contributed by atoms with Crippen molar-refractivity contribution in [3.8, 4) is 0 Å². The lowest BCUT2D eigenvalue weighted by molar-refractivity contribution is 0.184. The minimum absolute atomic E-state index is 0.386. The molecule has 1 rings (SSSR count). The zero-order valence-corrected chi connectivity index (χ0v) is 11.8. The maximum Gasteiger partial charge on any atom is 0.0663 e. The van der Waals surface area contributed by atoms with Crippen molar-refractivity contribution in [2.24, 2.45) is 0 Å². The highest BCUT2D eigenvalue weighted by Crippen LogP contribution is 2.22. The van der Waals surface area contributed by atoms with E-state index < -0.39 is 0 Å². The Hall–Kier alpha value is -0.540. The van der Waals surface area contributed by atoms with Gasteiger partial charge in [0.15, 0.2) is 0 Å². The molecule has 0 bridgehead atoms. The van der Waals surface area contributed by atoms with Gasteiger partial charge in [0.25, 0.3) is 0 Å². The highest BCUT2D eigenvalue weighted by molar-refractivity contribution is 9.10. The molecule has 0 heterocycles. The van der Waals surface area contributed by atoms with Crippen LogP contribution in [0.5, 0.6) is 0 Å². The fourth-order valence-electron chi connectivity index (χ4n) is 1.68. The highest BCUT2D eigenvalue weighted by atomic mass is 79.9. The van der Waals surface area contributed by atoms with Gasteiger partial charge in [-0.3, -0.25) is 0 Å².